The molecule has 3 aromatic carbocycles. The molecule has 51 heavy (non-hydrogen) atoms. The number of thioether (sulfide) groups is 1. The highest BCUT2D eigenvalue weighted by molar-refractivity contribution is 7.99. The molecule has 1 atom stereocenters. The number of ether oxygens (including phenoxy) is 1. The lowest BCUT2D eigenvalue weighted by Crippen LogP contribution is -2.44. The summed E-state index contributed by atoms with van der Waals surface area (Å²) in [6.07, 6.45) is 2.07. The summed E-state index contributed by atoms with van der Waals surface area (Å²) in [6, 6.07) is 17.5. The minimum atomic E-state index is -6.03. The number of amides is 1. The van der Waals surface area contributed by atoms with E-state index in [2.05, 4.69) is 28.3 Å². The summed E-state index contributed by atoms with van der Waals surface area (Å²) in [5, 5.41) is 6.30. The third-order valence-electron chi connectivity index (χ3n) is 8.52. The molecular formula is C33H40F3N5O6S4. The molecule has 3 N–H and O–H groups in total. The average Bonchev–Trinajstić information content (AvgIpc) is 3.10. The third-order valence-corrected chi connectivity index (χ3v) is 12.9. The molecule has 278 valence electrons. The number of hydrogen-bond donors (Lipinski definition) is 4. The van der Waals surface area contributed by atoms with Crippen molar-refractivity contribution in [3.63, 3.8) is 0 Å². The second-order valence-electron chi connectivity index (χ2n) is 12.2. The van der Waals surface area contributed by atoms with Gasteiger partial charge in [0.15, 0.2) is 0 Å². The lowest BCUT2D eigenvalue weighted by molar-refractivity contribution is -0.0435. The number of alkyl halides is 3. The van der Waals surface area contributed by atoms with E-state index in [0.717, 1.165) is 56.0 Å². The Labute approximate surface area is 306 Å². The van der Waals surface area contributed by atoms with Crippen molar-refractivity contribution in [3.8, 4) is 0 Å². The number of piperazine rings is 1. The van der Waals surface area contributed by atoms with Gasteiger partial charge in [-0.2, -0.15) is 13.2 Å². The van der Waals surface area contributed by atoms with Crippen molar-refractivity contribution in [3.05, 3.63) is 78.4 Å². The molecule has 0 aromatic heterocycles. The molecule has 2 aliphatic heterocycles. The molecular weight excluding hydrogens is 748 g/mol. The van der Waals surface area contributed by atoms with Crippen LogP contribution in [0.3, 0.4) is 0 Å². The van der Waals surface area contributed by atoms with Gasteiger partial charge in [-0.05, 0) is 73.9 Å². The topological polar surface area (TPSA) is 137 Å². The second kappa shape index (κ2) is 17.2. The second-order valence-corrected chi connectivity index (χ2v) is 17.5. The standard InChI is InChI=1S/C33H40F3N5O6S4/c34-33(35,36)50(43,44)31-22-29(51(45,46)39-32(42)24-6-8-25(9-7-24)37-26-13-20-47-21-14-26)10-11-30(31)38-27(23-49-28-4-2-1-3-5-28)12-15-40-16-18-41(48)19-17-40/h1-11,22,26-27,37-38,48H,12-21,23H2,(H,39,42)/t27-/m1/s1. The van der Waals surface area contributed by atoms with Gasteiger partial charge >= 0.3 is 5.51 Å². The smallest absolute Gasteiger partial charge is 0.382 e. The lowest BCUT2D eigenvalue weighted by atomic mass is 10.1. The third kappa shape index (κ3) is 10.8. The first-order valence-electron chi connectivity index (χ1n) is 16.3. The Morgan fingerprint density at radius 1 is 0.941 bits per heavy atom. The van der Waals surface area contributed by atoms with Crippen molar-refractivity contribution < 1.29 is 39.5 Å². The number of sulfonamides is 1. The number of halogens is 3. The molecule has 0 unspecified atom stereocenters. The van der Waals surface area contributed by atoms with Crippen LogP contribution in [0.25, 0.3) is 0 Å². The van der Waals surface area contributed by atoms with Crippen LogP contribution in [0.2, 0.25) is 0 Å². The maximum absolute atomic E-state index is 14.0. The number of hydrogen-bond acceptors (Lipinski definition) is 12. The SMILES string of the molecule is O=C(NS(=O)(=O)c1ccc(N[C@H](CCN2CCN(S)CC2)CSc2ccccc2)c(S(=O)(=O)C(F)(F)F)c1)c1ccc(NC2CCOCC2)cc1. The summed E-state index contributed by atoms with van der Waals surface area (Å²) < 4.78 is 103. The van der Waals surface area contributed by atoms with Gasteiger partial charge < -0.3 is 20.3 Å². The number of carbonyl (C=O) groups excluding carboxylic acids is 1. The molecule has 0 bridgehead atoms. The van der Waals surface area contributed by atoms with Gasteiger partial charge in [-0.3, -0.25) is 9.10 Å². The predicted molar refractivity (Wildman–Crippen MR) is 194 cm³/mol. The normalized spacial score (nSPS) is 17.5. The maximum Gasteiger partial charge on any atom is 0.501 e. The molecule has 0 aliphatic carbocycles. The number of nitrogens with one attached hydrogen (secondary N) is 3. The molecule has 5 rings (SSSR count). The monoisotopic (exact) mass is 787 g/mol. The predicted octanol–water partition coefficient (Wildman–Crippen LogP) is 5.12. The molecule has 1 amide bonds. The average molecular weight is 788 g/mol. The van der Waals surface area contributed by atoms with E-state index in [1.165, 1.54) is 23.9 Å². The van der Waals surface area contributed by atoms with Crippen molar-refractivity contribution in [2.75, 3.05) is 62.3 Å². The van der Waals surface area contributed by atoms with Crippen molar-refractivity contribution in [1.29, 1.82) is 0 Å². The Balaban J connectivity index is 1.36. The highest BCUT2D eigenvalue weighted by Crippen LogP contribution is 2.36. The zero-order valence-corrected chi connectivity index (χ0v) is 30.9. The fourth-order valence-electron chi connectivity index (χ4n) is 5.60. The number of nitrogens with zero attached hydrogens (tertiary/aromatic N) is 2. The number of benzene rings is 3. The summed E-state index contributed by atoms with van der Waals surface area (Å²) >= 11 is 5.82. The minimum Gasteiger partial charge on any atom is -0.382 e. The Morgan fingerprint density at radius 3 is 2.25 bits per heavy atom. The Kier molecular flexibility index (Phi) is 13.2. The Bertz CT molecular complexity index is 1840. The van der Waals surface area contributed by atoms with Crippen molar-refractivity contribution >= 4 is 61.7 Å². The minimum absolute atomic E-state index is 0.0212. The fraction of sp³-hybridized carbons (Fsp3) is 0.424. The fourth-order valence-corrected chi connectivity index (χ4v) is 8.80. The van der Waals surface area contributed by atoms with E-state index in [1.807, 2.05) is 39.4 Å². The summed E-state index contributed by atoms with van der Waals surface area (Å²) in [7, 11) is -10.8. The molecule has 2 aliphatic rings. The maximum atomic E-state index is 14.0. The summed E-state index contributed by atoms with van der Waals surface area (Å²) in [5.74, 6) is -0.659. The van der Waals surface area contributed by atoms with Crippen LogP contribution in [0.15, 0.2) is 87.5 Å². The van der Waals surface area contributed by atoms with Crippen LogP contribution in [0.4, 0.5) is 24.5 Å². The largest absolute Gasteiger partial charge is 0.501 e. The molecule has 0 saturated carbocycles. The number of rotatable bonds is 14. The first kappa shape index (κ1) is 39.2. The van der Waals surface area contributed by atoms with E-state index in [9.17, 15) is 34.8 Å². The molecule has 3 aromatic rings. The van der Waals surface area contributed by atoms with E-state index in [1.54, 1.807) is 12.1 Å². The van der Waals surface area contributed by atoms with E-state index in [4.69, 9.17) is 4.74 Å². The number of anilines is 2. The van der Waals surface area contributed by atoms with Gasteiger partial charge in [0.1, 0.15) is 4.90 Å². The Morgan fingerprint density at radius 2 is 1.61 bits per heavy atom. The van der Waals surface area contributed by atoms with Crippen LogP contribution in [0, 0.1) is 0 Å². The van der Waals surface area contributed by atoms with Gasteiger partial charge in [0.2, 0.25) is 0 Å². The highest BCUT2D eigenvalue weighted by atomic mass is 32.2. The molecule has 11 nitrogen and oxygen atoms in total. The van der Waals surface area contributed by atoms with Crippen molar-refractivity contribution in [2.24, 2.45) is 0 Å². The zero-order chi connectivity index (χ0) is 36.6. The molecule has 0 spiro atoms. The Hall–Kier alpha value is -3.00. The summed E-state index contributed by atoms with van der Waals surface area (Å²) in [5.41, 5.74) is -5.43. The summed E-state index contributed by atoms with van der Waals surface area (Å²) in [6.45, 7) is 4.79. The quantitative estimate of drug-likeness (QED) is 0.128. The number of carbonyl (C=O) groups is 1. The number of thiol groups is 1. The van der Waals surface area contributed by atoms with E-state index in [-0.39, 0.29) is 11.6 Å². The molecule has 2 heterocycles. The van der Waals surface area contributed by atoms with Crippen LogP contribution in [-0.2, 0) is 24.6 Å². The van der Waals surface area contributed by atoms with E-state index in [0.29, 0.717) is 43.7 Å². The lowest BCUT2D eigenvalue weighted by Gasteiger charge is -2.32. The van der Waals surface area contributed by atoms with Gasteiger partial charge in [0.05, 0.1) is 10.6 Å². The summed E-state index contributed by atoms with van der Waals surface area (Å²) in [4.78, 5) is 14.0. The van der Waals surface area contributed by atoms with Crippen molar-refractivity contribution in [2.45, 2.75) is 51.5 Å². The van der Waals surface area contributed by atoms with Gasteiger partial charge in [-0.1, -0.05) is 31.0 Å². The highest BCUT2D eigenvalue weighted by Gasteiger charge is 2.48. The van der Waals surface area contributed by atoms with Crippen LogP contribution in [0.1, 0.15) is 29.6 Å². The van der Waals surface area contributed by atoms with Gasteiger partial charge in [-0.25, -0.2) is 21.6 Å². The molecule has 2 saturated heterocycles. The van der Waals surface area contributed by atoms with Crippen LogP contribution >= 0.6 is 24.6 Å². The van der Waals surface area contributed by atoms with Crippen LogP contribution in [-0.4, -0.2) is 101 Å². The van der Waals surface area contributed by atoms with E-state index < -0.39 is 52.8 Å². The molecule has 0 radical (unpaired) electrons. The zero-order valence-electron chi connectivity index (χ0n) is 27.5. The van der Waals surface area contributed by atoms with Gasteiger partial charge in [0.25, 0.3) is 25.8 Å². The van der Waals surface area contributed by atoms with Gasteiger partial charge in [0, 0.05) is 79.9 Å². The number of sulfone groups is 1. The van der Waals surface area contributed by atoms with Crippen LogP contribution < -0.4 is 15.4 Å². The van der Waals surface area contributed by atoms with Crippen LogP contribution in [0.5, 0.6) is 0 Å². The first-order valence-corrected chi connectivity index (χ1v) is 20.6. The van der Waals surface area contributed by atoms with Crippen molar-refractivity contribution in [1.82, 2.24) is 13.9 Å². The molecule has 2 fully saturated rings. The first-order chi connectivity index (χ1) is 24.2. The van der Waals surface area contributed by atoms with Gasteiger partial charge in [-0.15, -0.1) is 11.8 Å². The molecule has 18 heteroatoms. The van der Waals surface area contributed by atoms with E-state index >= 15 is 0 Å².